The predicted molar refractivity (Wildman–Crippen MR) is 104 cm³/mol. The van der Waals surface area contributed by atoms with Crippen molar-refractivity contribution in [3.8, 4) is 0 Å². The van der Waals surface area contributed by atoms with Crippen molar-refractivity contribution in [1.29, 1.82) is 0 Å². The average molecular weight is 374 g/mol. The largest absolute Gasteiger partial charge is 0.468 e. The van der Waals surface area contributed by atoms with E-state index in [0.717, 1.165) is 18.1 Å². The molecule has 0 amide bonds. The van der Waals surface area contributed by atoms with Gasteiger partial charge < -0.3 is 13.9 Å². The van der Waals surface area contributed by atoms with Crippen LogP contribution in [0.3, 0.4) is 0 Å². The lowest BCUT2D eigenvalue weighted by Crippen LogP contribution is -2.23. The highest BCUT2D eigenvalue weighted by Crippen LogP contribution is 2.30. The zero-order valence-electron chi connectivity index (χ0n) is 15.7. The number of nitrogens with zero attached hydrogens (tertiary/aromatic N) is 1. The highest BCUT2D eigenvalue weighted by atomic mass is 32.1. The molecule has 140 valence electrons. The van der Waals surface area contributed by atoms with E-state index in [-0.39, 0.29) is 0 Å². The second kappa shape index (κ2) is 8.25. The fourth-order valence-corrected chi connectivity index (χ4v) is 4.05. The average Bonchev–Trinajstić information content (AvgIpc) is 3.37. The number of hydrogen-bond acceptors (Lipinski definition) is 5. The summed E-state index contributed by atoms with van der Waals surface area (Å²) >= 11 is 1.81. The minimum atomic E-state index is -0.880. The molecule has 0 saturated heterocycles. The molecule has 0 spiro atoms. The fraction of sp³-hybridized carbons (Fsp3) is 0.429. The van der Waals surface area contributed by atoms with Gasteiger partial charge in [0.15, 0.2) is 0 Å². The minimum Gasteiger partial charge on any atom is -0.468 e. The van der Waals surface area contributed by atoms with Crippen molar-refractivity contribution < 1.29 is 13.9 Å². The van der Waals surface area contributed by atoms with Crippen molar-refractivity contribution in [3.63, 3.8) is 0 Å². The van der Waals surface area contributed by atoms with Gasteiger partial charge in [-0.05, 0) is 56.2 Å². The van der Waals surface area contributed by atoms with Crippen LogP contribution in [0.25, 0.3) is 0 Å². The SMILES string of the molecule is CCC(O)(CC)c1ccc(CN(Cc2ccco2)Cc2ccc(C)s2)o1. The van der Waals surface area contributed by atoms with Crippen molar-refractivity contribution in [2.24, 2.45) is 0 Å². The van der Waals surface area contributed by atoms with Gasteiger partial charge in [-0.1, -0.05) is 13.8 Å². The first kappa shape index (κ1) is 19.0. The highest BCUT2D eigenvalue weighted by molar-refractivity contribution is 7.11. The molecule has 4 nitrogen and oxygen atoms in total. The predicted octanol–water partition coefficient (Wildman–Crippen LogP) is 5.45. The van der Waals surface area contributed by atoms with E-state index in [4.69, 9.17) is 8.83 Å². The van der Waals surface area contributed by atoms with E-state index in [1.54, 1.807) is 6.26 Å². The molecule has 1 N–H and O–H groups in total. The smallest absolute Gasteiger partial charge is 0.135 e. The number of rotatable bonds is 9. The van der Waals surface area contributed by atoms with E-state index >= 15 is 0 Å². The Morgan fingerprint density at radius 2 is 1.77 bits per heavy atom. The molecule has 5 heteroatoms. The third-order valence-electron chi connectivity index (χ3n) is 4.80. The lowest BCUT2D eigenvalue weighted by atomic mass is 9.95. The third-order valence-corrected chi connectivity index (χ3v) is 5.79. The number of thiophene rings is 1. The molecular formula is C21H27NO3S. The lowest BCUT2D eigenvalue weighted by molar-refractivity contribution is 0.00510. The third kappa shape index (κ3) is 4.47. The van der Waals surface area contributed by atoms with Crippen LogP contribution in [0, 0.1) is 6.92 Å². The van der Waals surface area contributed by atoms with Gasteiger partial charge in [-0.3, -0.25) is 4.90 Å². The highest BCUT2D eigenvalue weighted by Gasteiger charge is 2.28. The summed E-state index contributed by atoms with van der Waals surface area (Å²) in [6, 6.07) is 12.1. The van der Waals surface area contributed by atoms with Gasteiger partial charge in [-0.2, -0.15) is 0 Å². The van der Waals surface area contributed by atoms with Crippen molar-refractivity contribution in [3.05, 3.63) is 69.7 Å². The number of aryl methyl sites for hydroxylation is 1. The first-order valence-electron chi connectivity index (χ1n) is 9.14. The van der Waals surface area contributed by atoms with E-state index in [0.29, 0.717) is 31.7 Å². The summed E-state index contributed by atoms with van der Waals surface area (Å²) in [5.41, 5.74) is -0.880. The van der Waals surface area contributed by atoms with Crippen LogP contribution < -0.4 is 0 Å². The molecule has 3 rings (SSSR count). The summed E-state index contributed by atoms with van der Waals surface area (Å²) in [6.45, 7) is 8.30. The molecule has 3 aromatic rings. The molecule has 3 aromatic heterocycles. The van der Waals surface area contributed by atoms with E-state index in [9.17, 15) is 5.11 Å². The standard InChI is InChI=1S/C21H27NO3S/c1-4-21(23,5-2)20-11-9-18(25-20)14-22(13-17-7-6-12-24-17)15-19-10-8-16(3)26-19/h6-12,23H,4-5,13-15H2,1-3H3. The summed E-state index contributed by atoms with van der Waals surface area (Å²) < 4.78 is 11.5. The lowest BCUT2D eigenvalue weighted by Gasteiger charge is -2.23. The Kier molecular flexibility index (Phi) is 6.01. The van der Waals surface area contributed by atoms with Gasteiger partial charge in [0, 0.05) is 16.3 Å². The fourth-order valence-electron chi connectivity index (χ4n) is 3.11. The maximum Gasteiger partial charge on any atom is 0.135 e. The van der Waals surface area contributed by atoms with Crippen LogP contribution in [-0.2, 0) is 25.2 Å². The van der Waals surface area contributed by atoms with E-state index in [1.807, 2.05) is 49.4 Å². The number of hydrogen-bond donors (Lipinski definition) is 1. The van der Waals surface area contributed by atoms with Crippen LogP contribution in [-0.4, -0.2) is 10.0 Å². The monoisotopic (exact) mass is 373 g/mol. The molecular weight excluding hydrogens is 346 g/mol. The van der Waals surface area contributed by atoms with Crippen molar-refractivity contribution in [2.45, 2.75) is 58.8 Å². The Labute approximate surface area is 159 Å². The molecule has 0 saturated carbocycles. The molecule has 0 fully saturated rings. The molecule has 0 aliphatic heterocycles. The molecule has 26 heavy (non-hydrogen) atoms. The summed E-state index contributed by atoms with van der Waals surface area (Å²) in [7, 11) is 0. The van der Waals surface area contributed by atoms with E-state index < -0.39 is 5.60 Å². The van der Waals surface area contributed by atoms with Gasteiger partial charge in [-0.15, -0.1) is 11.3 Å². The Hall–Kier alpha value is -1.82. The molecule has 0 unspecified atom stereocenters. The molecule has 0 aliphatic rings. The van der Waals surface area contributed by atoms with Crippen LogP contribution >= 0.6 is 11.3 Å². The summed E-state index contributed by atoms with van der Waals surface area (Å²) in [5.74, 6) is 2.45. The first-order valence-corrected chi connectivity index (χ1v) is 9.95. The van der Waals surface area contributed by atoms with E-state index in [1.165, 1.54) is 9.75 Å². The van der Waals surface area contributed by atoms with E-state index in [2.05, 4.69) is 24.0 Å². The molecule has 0 radical (unpaired) electrons. The topological polar surface area (TPSA) is 49.8 Å². The Balaban J connectivity index is 1.75. The zero-order valence-corrected chi connectivity index (χ0v) is 16.5. The van der Waals surface area contributed by atoms with Crippen molar-refractivity contribution >= 4 is 11.3 Å². The molecule has 3 heterocycles. The minimum absolute atomic E-state index is 0.640. The Bertz CT molecular complexity index is 799. The quantitative estimate of drug-likeness (QED) is 0.542. The molecule has 0 atom stereocenters. The summed E-state index contributed by atoms with van der Waals surface area (Å²) in [4.78, 5) is 4.93. The van der Waals surface area contributed by atoms with Crippen molar-refractivity contribution in [1.82, 2.24) is 4.90 Å². The first-order chi connectivity index (χ1) is 12.5. The summed E-state index contributed by atoms with van der Waals surface area (Å²) in [5, 5.41) is 10.7. The van der Waals surface area contributed by atoms with Crippen LogP contribution in [0.2, 0.25) is 0 Å². The second-order valence-electron chi connectivity index (χ2n) is 6.74. The Morgan fingerprint density at radius 1 is 1.00 bits per heavy atom. The van der Waals surface area contributed by atoms with Gasteiger partial charge in [0.05, 0.1) is 19.4 Å². The molecule has 0 bridgehead atoms. The van der Waals surface area contributed by atoms with Crippen LogP contribution in [0.15, 0.2) is 51.5 Å². The van der Waals surface area contributed by atoms with Gasteiger partial charge in [0.2, 0.25) is 0 Å². The number of furan rings is 2. The Morgan fingerprint density at radius 3 is 2.38 bits per heavy atom. The van der Waals surface area contributed by atoms with Crippen molar-refractivity contribution in [2.75, 3.05) is 0 Å². The zero-order chi connectivity index (χ0) is 18.6. The van der Waals surface area contributed by atoms with Crippen LogP contribution in [0.1, 0.15) is 53.7 Å². The maximum atomic E-state index is 10.7. The van der Waals surface area contributed by atoms with Gasteiger partial charge in [0.1, 0.15) is 22.9 Å². The van der Waals surface area contributed by atoms with Gasteiger partial charge >= 0.3 is 0 Å². The van der Waals surface area contributed by atoms with Gasteiger partial charge in [0.25, 0.3) is 0 Å². The second-order valence-corrected chi connectivity index (χ2v) is 8.11. The van der Waals surface area contributed by atoms with Crippen LogP contribution in [0.4, 0.5) is 0 Å². The normalized spacial score (nSPS) is 12.2. The number of aliphatic hydroxyl groups is 1. The maximum absolute atomic E-state index is 10.7. The molecule has 0 aliphatic carbocycles. The summed E-state index contributed by atoms with van der Waals surface area (Å²) in [6.07, 6.45) is 2.98. The van der Waals surface area contributed by atoms with Gasteiger partial charge in [-0.25, -0.2) is 0 Å². The molecule has 0 aromatic carbocycles. The van der Waals surface area contributed by atoms with Crippen LogP contribution in [0.5, 0.6) is 0 Å².